The summed E-state index contributed by atoms with van der Waals surface area (Å²) in [6, 6.07) is 9.41. The van der Waals surface area contributed by atoms with Crippen molar-refractivity contribution in [2.75, 3.05) is 0 Å². The molecule has 3 rings (SSSR count). The quantitative estimate of drug-likeness (QED) is 0.693. The predicted molar refractivity (Wildman–Crippen MR) is 80.4 cm³/mol. The van der Waals surface area contributed by atoms with Crippen LogP contribution in [0, 0.1) is 0 Å². The Hall–Kier alpha value is -1.91. The highest BCUT2D eigenvalue weighted by atomic mass is 35.5. The van der Waals surface area contributed by atoms with E-state index in [4.69, 9.17) is 16.3 Å². The van der Waals surface area contributed by atoms with Gasteiger partial charge < -0.3 is 4.74 Å². The minimum absolute atomic E-state index is 0. The van der Waals surface area contributed by atoms with Crippen LogP contribution in [0.3, 0.4) is 0 Å². The standard InChI is InChI=1S/C14H10ClN3O.ClH/c15-14-12-2-1-11(7-13(12)17-9-18-14)19-8-10-3-5-16-6-4-10;/h1-7,9H,8H2;1H. The van der Waals surface area contributed by atoms with Crippen molar-refractivity contribution >= 4 is 34.9 Å². The van der Waals surface area contributed by atoms with Crippen molar-refractivity contribution in [1.82, 2.24) is 15.0 Å². The molecule has 0 bridgehead atoms. The molecule has 20 heavy (non-hydrogen) atoms. The lowest BCUT2D eigenvalue weighted by Gasteiger charge is -2.07. The number of hydrogen-bond donors (Lipinski definition) is 0. The fourth-order valence-corrected chi connectivity index (χ4v) is 1.94. The molecule has 0 spiro atoms. The second kappa shape index (κ2) is 6.50. The number of halogens is 2. The van der Waals surface area contributed by atoms with E-state index >= 15 is 0 Å². The third-order valence-corrected chi connectivity index (χ3v) is 3.02. The smallest absolute Gasteiger partial charge is 0.140 e. The maximum Gasteiger partial charge on any atom is 0.140 e. The molecule has 102 valence electrons. The van der Waals surface area contributed by atoms with Gasteiger partial charge in [0.05, 0.1) is 5.52 Å². The van der Waals surface area contributed by atoms with Crippen LogP contribution in [0.15, 0.2) is 49.1 Å². The molecule has 0 atom stereocenters. The van der Waals surface area contributed by atoms with E-state index in [1.807, 2.05) is 30.3 Å². The molecular weight excluding hydrogens is 297 g/mol. The zero-order valence-corrected chi connectivity index (χ0v) is 11.9. The number of nitrogens with zero attached hydrogens (tertiary/aromatic N) is 3. The van der Waals surface area contributed by atoms with Gasteiger partial charge in [-0.05, 0) is 29.8 Å². The molecule has 2 aromatic heterocycles. The van der Waals surface area contributed by atoms with E-state index in [1.165, 1.54) is 6.33 Å². The van der Waals surface area contributed by atoms with Crippen molar-refractivity contribution in [3.8, 4) is 5.75 Å². The Bertz CT molecular complexity index is 707. The summed E-state index contributed by atoms with van der Waals surface area (Å²) in [5, 5.41) is 1.27. The van der Waals surface area contributed by atoms with Crippen LogP contribution in [0.2, 0.25) is 5.15 Å². The minimum Gasteiger partial charge on any atom is -0.489 e. The Morgan fingerprint density at radius 1 is 1.05 bits per heavy atom. The highest BCUT2D eigenvalue weighted by Gasteiger charge is 2.03. The van der Waals surface area contributed by atoms with E-state index in [0.29, 0.717) is 11.8 Å². The monoisotopic (exact) mass is 307 g/mol. The van der Waals surface area contributed by atoms with Gasteiger partial charge in [0, 0.05) is 23.8 Å². The molecule has 0 amide bonds. The molecule has 0 fully saturated rings. The number of pyridine rings is 1. The van der Waals surface area contributed by atoms with Gasteiger partial charge >= 0.3 is 0 Å². The topological polar surface area (TPSA) is 47.9 Å². The first-order chi connectivity index (χ1) is 9.33. The number of fused-ring (bicyclic) bond motifs is 1. The summed E-state index contributed by atoms with van der Waals surface area (Å²) in [5.41, 5.74) is 1.84. The first-order valence-corrected chi connectivity index (χ1v) is 6.13. The molecule has 0 saturated heterocycles. The van der Waals surface area contributed by atoms with Crippen LogP contribution in [0.25, 0.3) is 10.9 Å². The van der Waals surface area contributed by atoms with Crippen molar-refractivity contribution in [3.05, 3.63) is 59.8 Å². The van der Waals surface area contributed by atoms with Gasteiger partial charge in [-0.1, -0.05) is 11.6 Å². The Labute approximate surface area is 127 Å². The molecule has 0 N–H and O–H groups in total. The third-order valence-electron chi connectivity index (χ3n) is 2.71. The van der Waals surface area contributed by atoms with E-state index in [9.17, 15) is 0 Å². The lowest BCUT2D eigenvalue weighted by Crippen LogP contribution is -1.95. The molecular formula is C14H11Cl2N3O. The number of aromatic nitrogens is 3. The summed E-state index contributed by atoms with van der Waals surface area (Å²) in [5.74, 6) is 0.749. The van der Waals surface area contributed by atoms with Crippen molar-refractivity contribution < 1.29 is 4.74 Å². The number of hydrogen-bond acceptors (Lipinski definition) is 4. The van der Waals surface area contributed by atoms with Crippen LogP contribution < -0.4 is 4.74 Å². The Kier molecular flexibility index (Phi) is 4.71. The normalized spacial score (nSPS) is 10.1. The van der Waals surface area contributed by atoms with Crippen molar-refractivity contribution in [2.45, 2.75) is 6.61 Å². The fraction of sp³-hybridized carbons (Fsp3) is 0.0714. The molecule has 0 aliphatic heterocycles. The average Bonchev–Trinajstić information content (AvgIpc) is 2.46. The number of rotatable bonds is 3. The maximum absolute atomic E-state index is 5.98. The lowest BCUT2D eigenvalue weighted by molar-refractivity contribution is 0.306. The summed E-state index contributed by atoms with van der Waals surface area (Å²) >= 11 is 5.98. The predicted octanol–water partition coefficient (Wildman–Crippen LogP) is 3.68. The van der Waals surface area contributed by atoms with Gasteiger partial charge in [-0.15, -0.1) is 12.4 Å². The highest BCUT2D eigenvalue weighted by Crippen LogP contribution is 2.23. The van der Waals surface area contributed by atoms with Crippen LogP contribution in [0.4, 0.5) is 0 Å². The minimum atomic E-state index is 0. The molecule has 6 heteroatoms. The van der Waals surface area contributed by atoms with E-state index in [1.54, 1.807) is 12.4 Å². The van der Waals surface area contributed by atoms with Crippen LogP contribution in [-0.4, -0.2) is 15.0 Å². The first kappa shape index (κ1) is 14.5. The van der Waals surface area contributed by atoms with Gasteiger partial charge in [0.15, 0.2) is 0 Å². The van der Waals surface area contributed by atoms with Crippen LogP contribution in [0.1, 0.15) is 5.56 Å². The molecule has 1 aromatic carbocycles. The number of ether oxygens (including phenoxy) is 1. The second-order valence-electron chi connectivity index (χ2n) is 3.99. The fourth-order valence-electron chi connectivity index (χ4n) is 1.74. The summed E-state index contributed by atoms with van der Waals surface area (Å²) in [4.78, 5) is 12.1. The summed E-state index contributed by atoms with van der Waals surface area (Å²) in [6.45, 7) is 0.493. The van der Waals surface area contributed by atoms with E-state index in [0.717, 1.165) is 22.2 Å². The molecule has 3 aromatic rings. The molecule has 2 heterocycles. The first-order valence-electron chi connectivity index (χ1n) is 5.75. The largest absolute Gasteiger partial charge is 0.489 e. The molecule has 0 aliphatic rings. The molecule has 0 aliphatic carbocycles. The third kappa shape index (κ3) is 3.15. The maximum atomic E-state index is 5.98. The average molecular weight is 308 g/mol. The van der Waals surface area contributed by atoms with Crippen molar-refractivity contribution in [1.29, 1.82) is 0 Å². The molecule has 4 nitrogen and oxygen atoms in total. The molecule has 0 saturated carbocycles. The van der Waals surface area contributed by atoms with Crippen LogP contribution in [0.5, 0.6) is 5.75 Å². The Balaban J connectivity index is 0.00000147. The van der Waals surface area contributed by atoms with Gasteiger partial charge in [-0.25, -0.2) is 9.97 Å². The Morgan fingerprint density at radius 3 is 2.65 bits per heavy atom. The van der Waals surface area contributed by atoms with Crippen LogP contribution in [-0.2, 0) is 6.61 Å². The van der Waals surface area contributed by atoms with Gasteiger partial charge in [-0.2, -0.15) is 0 Å². The van der Waals surface area contributed by atoms with Crippen molar-refractivity contribution in [2.24, 2.45) is 0 Å². The molecule has 0 unspecified atom stereocenters. The lowest BCUT2D eigenvalue weighted by atomic mass is 10.2. The summed E-state index contributed by atoms with van der Waals surface area (Å²) < 4.78 is 5.71. The van der Waals surface area contributed by atoms with E-state index in [2.05, 4.69) is 15.0 Å². The van der Waals surface area contributed by atoms with E-state index in [-0.39, 0.29) is 12.4 Å². The van der Waals surface area contributed by atoms with Crippen LogP contribution >= 0.6 is 24.0 Å². The summed E-state index contributed by atoms with van der Waals surface area (Å²) in [7, 11) is 0. The van der Waals surface area contributed by atoms with Gasteiger partial charge in [-0.3, -0.25) is 4.98 Å². The zero-order valence-electron chi connectivity index (χ0n) is 10.4. The second-order valence-corrected chi connectivity index (χ2v) is 4.35. The van der Waals surface area contributed by atoms with E-state index < -0.39 is 0 Å². The SMILES string of the molecule is Cl.Clc1ncnc2cc(OCc3ccncc3)ccc12. The zero-order chi connectivity index (χ0) is 13.1. The Morgan fingerprint density at radius 2 is 1.85 bits per heavy atom. The highest BCUT2D eigenvalue weighted by molar-refractivity contribution is 6.34. The van der Waals surface area contributed by atoms with Gasteiger partial charge in [0.25, 0.3) is 0 Å². The van der Waals surface area contributed by atoms with Crippen molar-refractivity contribution in [3.63, 3.8) is 0 Å². The number of benzene rings is 1. The molecule has 0 radical (unpaired) electrons. The van der Waals surface area contributed by atoms with Gasteiger partial charge in [0.1, 0.15) is 23.8 Å². The summed E-state index contributed by atoms with van der Waals surface area (Å²) in [6.07, 6.45) is 4.93. The van der Waals surface area contributed by atoms with Gasteiger partial charge in [0.2, 0.25) is 0 Å².